The minimum atomic E-state index is -0.267. The Hall–Kier alpha value is -0.960. The van der Waals surface area contributed by atoms with Crippen LogP contribution >= 0.6 is 11.8 Å². The Bertz CT molecular complexity index is 292. The number of anilines is 1. The Kier molecular flexibility index (Phi) is 4.53. The van der Waals surface area contributed by atoms with Gasteiger partial charge in [0.1, 0.15) is 5.82 Å². The molecule has 0 aromatic heterocycles. The van der Waals surface area contributed by atoms with Gasteiger partial charge in [-0.1, -0.05) is 6.08 Å². The molecule has 0 heterocycles. The highest BCUT2D eigenvalue weighted by molar-refractivity contribution is 7.99. The third-order valence-corrected chi connectivity index (χ3v) is 2.78. The fourth-order valence-corrected chi connectivity index (χ4v) is 2.05. The molecule has 0 aliphatic carbocycles. The van der Waals surface area contributed by atoms with Crippen LogP contribution in [0.25, 0.3) is 0 Å². The predicted molar refractivity (Wildman–Crippen MR) is 61.0 cm³/mol. The number of nitrogens with two attached hydrogens (primary N) is 1. The Morgan fingerprint density at radius 2 is 2.21 bits per heavy atom. The number of halogens is 1. The second kappa shape index (κ2) is 5.70. The summed E-state index contributed by atoms with van der Waals surface area (Å²) in [7, 11) is 0. The van der Waals surface area contributed by atoms with Crippen LogP contribution in [0.2, 0.25) is 0 Å². The fraction of sp³-hybridized carbons (Fsp3) is 0.273. The van der Waals surface area contributed by atoms with Crippen molar-refractivity contribution in [3.63, 3.8) is 0 Å². The zero-order valence-electron chi connectivity index (χ0n) is 8.00. The first kappa shape index (κ1) is 11.1. The third-order valence-electron chi connectivity index (χ3n) is 1.71. The average molecular weight is 211 g/mol. The number of unbranched alkanes of at least 4 members (excludes halogenated alkanes) is 1. The van der Waals surface area contributed by atoms with E-state index in [1.54, 1.807) is 17.8 Å². The van der Waals surface area contributed by atoms with E-state index in [4.69, 9.17) is 5.73 Å². The molecule has 0 unspecified atom stereocenters. The summed E-state index contributed by atoms with van der Waals surface area (Å²) in [5.74, 6) is 0.700. The Morgan fingerprint density at radius 3 is 2.86 bits per heavy atom. The van der Waals surface area contributed by atoms with Gasteiger partial charge in [-0.3, -0.25) is 0 Å². The topological polar surface area (TPSA) is 26.0 Å². The molecule has 1 aromatic carbocycles. The van der Waals surface area contributed by atoms with Gasteiger partial charge in [-0.15, -0.1) is 18.3 Å². The maximum absolute atomic E-state index is 12.9. The van der Waals surface area contributed by atoms with E-state index in [1.165, 1.54) is 12.1 Å². The van der Waals surface area contributed by atoms with E-state index >= 15 is 0 Å². The molecule has 0 saturated carbocycles. The lowest BCUT2D eigenvalue weighted by Gasteiger charge is -2.02. The molecule has 0 spiro atoms. The van der Waals surface area contributed by atoms with Gasteiger partial charge in [0.15, 0.2) is 0 Å². The van der Waals surface area contributed by atoms with Gasteiger partial charge < -0.3 is 5.73 Å². The highest BCUT2D eigenvalue weighted by atomic mass is 32.2. The van der Waals surface area contributed by atoms with Gasteiger partial charge in [0.2, 0.25) is 0 Å². The van der Waals surface area contributed by atoms with Crippen LogP contribution in [0.1, 0.15) is 12.8 Å². The minimum absolute atomic E-state index is 0.267. The number of hydrogen-bond acceptors (Lipinski definition) is 2. The smallest absolute Gasteiger partial charge is 0.126 e. The highest BCUT2D eigenvalue weighted by Gasteiger charge is 1.98. The van der Waals surface area contributed by atoms with Gasteiger partial charge in [-0.05, 0) is 36.8 Å². The Morgan fingerprint density at radius 1 is 1.43 bits per heavy atom. The normalized spacial score (nSPS) is 10.1. The quantitative estimate of drug-likeness (QED) is 0.349. The first-order valence-corrected chi connectivity index (χ1v) is 5.50. The zero-order chi connectivity index (χ0) is 10.4. The molecule has 0 radical (unpaired) electrons. The summed E-state index contributed by atoms with van der Waals surface area (Å²) < 4.78 is 12.9. The first-order valence-electron chi connectivity index (χ1n) is 4.52. The van der Waals surface area contributed by atoms with Gasteiger partial charge >= 0.3 is 0 Å². The molecule has 76 valence electrons. The summed E-state index contributed by atoms with van der Waals surface area (Å²) in [6.07, 6.45) is 3.95. The van der Waals surface area contributed by atoms with E-state index in [-0.39, 0.29) is 5.82 Å². The van der Waals surface area contributed by atoms with Crippen molar-refractivity contribution in [2.45, 2.75) is 17.7 Å². The molecule has 1 nitrogen and oxygen atoms in total. The SMILES string of the molecule is C=CCCCSc1cc(N)cc(F)c1. The van der Waals surface area contributed by atoms with Crippen LogP contribution in [-0.2, 0) is 0 Å². The molecule has 14 heavy (non-hydrogen) atoms. The van der Waals surface area contributed by atoms with E-state index in [0.717, 1.165) is 23.5 Å². The molecular formula is C11H14FNS. The second-order valence-corrected chi connectivity index (χ2v) is 4.17. The molecule has 2 N–H and O–H groups in total. The van der Waals surface area contributed by atoms with Gasteiger partial charge in [-0.2, -0.15) is 0 Å². The summed E-state index contributed by atoms with van der Waals surface area (Å²) >= 11 is 1.62. The number of benzene rings is 1. The number of allylic oxidation sites excluding steroid dienone is 1. The lowest BCUT2D eigenvalue weighted by atomic mass is 10.3. The van der Waals surface area contributed by atoms with Gasteiger partial charge in [0.05, 0.1) is 0 Å². The van der Waals surface area contributed by atoms with E-state index in [2.05, 4.69) is 6.58 Å². The van der Waals surface area contributed by atoms with Crippen LogP contribution in [0.4, 0.5) is 10.1 Å². The van der Waals surface area contributed by atoms with Crippen LogP contribution in [0, 0.1) is 5.82 Å². The van der Waals surface area contributed by atoms with Crippen molar-refractivity contribution in [1.82, 2.24) is 0 Å². The van der Waals surface area contributed by atoms with Crippen LogP contribution in [0.3, 0.4) is 0 Å². The summed E-state index contributed by atoms with van der Waals surface area (Å²) in [6, 6.07) is 4.63. The van der Waals surface area contributed by atoms with E-state index in [0.29, 0.717) is 5.69 Å². The molecule has 0 fully saturated rings. The van der Waals surface area contributed by atoms with Gasteiger partial charge in [0.25, 0.3) is 0 Å². The molecule has 0 atom stereocenters. The number of hydrogen-bond donors (Lipinski definition) is 1. The van der Waals surface area contributed by atoms with Gasteiger partial charge in [-0.25, -0.2) is 4.39 Å². The van der Waals surface area contributed by atoms with E-state index < -0.39 is 0 Å². The van der Waals surface area contributed by atoms with Crippen molar-refractivity contribution >= 4 is 17.4 Å². The lowest BCUT2D eigenvalue weighted by molar-refractivity contribution is 0.625. The Balaban J connectivity index is 2.46. The van der Waals surface area contributed by atoms with Crippen LogP contribution in [0.15, 0.2) is 35.7 Å². The van der Waals surface area contributed by atoms with Gasteiger partial charge in [0, 0.05) is 10.6 Å². The summed E-state index contributed by atoms with van der Waals surface area (Å²) in [5, 5.41) is 0. The van der Waals surface area contributed by atoms with Crippen LogP contribution < -0.4 is 5.73 Å². The van der Waals surface area contributed by atoms with Crippen molar-refractivity contribution in [2.75, 3.05) is 11.5 Å². The monoisotopic (exact) mass is 211 g/mol. The average Bonchev–Trinajstić information content (AvgIpc) is 2.11. The molecule has 0 amide bonds. The minimum Gasteiger partial charge on any atom is -0.399 e. The molecule has 1 aromatic rings. The standard InChI is InChI=1S/C11H14FNS/c1-2-3-4-5-14-11-7-9(12)6-10(13)8-11/h2,6-8H,1,3-5,13H2. The fourth-order valence-electron chi connectivity index (χ4n) is 1.09. The number of thioether (sulfide) groups is 1. The van der Waals surface area contributed by atoms with Crippen LogP contribution in [0.5, 0.6) is 0 Å². The third kappa shape index (κ3) is 3.83. The van der Waals surface area contributed by atoms with Crippen molar-refractivity contribution in [2.24, 2.45) is 0 Å². The van der Waals surface area contributed by atoms with E-state index in [9.17, 15) is 4.39 Å². The molecule has 0 aliphatic rings. The number of rotatable bonds is 5. The van der Waals surface area contributed by atoms with Crippen molar-refractivity contribution in [3.05, 3.63) is 36.7 Å². The molecule has 3 heteroatoms. The van der Waals surface area contributed by atoms with Crippen molar-refractivity contribution < 1.29 is 4.39 Å². The molecule has 0 bridgehead atoms. The van der Waals surface area contributed by atoms with Crippen molar-refractivity contribution in [3.8, 4) is 0 Å². The summed E-state index contributed by atoms with van der Waals surface area (Å²) in [5.41, 5.74) is 6.00. The molecule has 0 saturated heterocycles. The highest BCUT2D eigenvalue weighted by Crippen LogP contribution is 2.22. The molecular weight excluding hydrogens is 197 g/mol. The molecule has 1 rings (SSSR count). The first-order chi connectivity index (χ1) is 6.72. The largest absolute Gasteiger partial charge is 0.399 e. The van der Waals surface area contributed by atoms with E-state index in [1.807, 2.05) is 6.08 Å². The molecule has 0 aliphatic heterocycles. The summed E-state index contributed by atoms with van der Waals surface area (Å²) in [6.45, 7) is 3.64. The number of nitrogen functional groups attached to an aromatic ring is 1. The van der Waals surface area contributed by atoms with Crippen LogP contribution in [-0.4, -0.2) is 5.75 Å². The maximum Gasteiger partial charge on any atom is 0.126 e. The Labute approximate surface area is 88.2 Å². The maximum atomic E-state index is 12.9. The second-order valence-electron chi connectivity index (χ2n) is 3.00. The predicted octanol–water partition coefficient (Wildman–Crippen LogP) is 3.47. The lowest BCUT2D eigenvalue weighted by Crippen LogP contribution is -1.88. The zero-order valence-corrected chi connectivity index (χ0v) is 8.82. The van der Waals surface area contributed by atoms with Crippen molar-refractivity contribution in [1.29, 1.82) is 0 Å². The summed E-state index contributed by atoms with van der Waals surface area (Å²) in [4.78, 5) is 0.895.